The van der Waals surface area contributed by atoms with Crippen molar-refractivity contribution >= 4 is 5.91 Å². The predicted octanol–water partition coefficient (Wildman–Crippen LogP) is 1.16. The third kappa shape index (κ3) is 2.44. The van der Waals surface area contributed by atoms with E-state index in [1.54, 1.807) is 18.7 Å². The summed E-state index contributed by atoms with van der Waals surface area (Å²) in [5.74, 6) is -0.139. The van der Waals surface area contributed by atoms with Gasteiger partial charge in [-0.15, -0.1) is 0 Å². The van der Waals surface area contributed by atoms with Crippen LogP contribution in [0.25, 0.3) is 0 Å². The van der Waals surface area contributed by atoms with Crippen molar-refractivity contribution in [3.8, 4) is 0 Å². The van der Waals surface area contributed by atoms with Gasteiger partial charge in [-0.1, -0.05) is 0 Å². The van der Waals surface area contributed by atoms with Crippen LogP contribution in [-0.2, 0) is 4.79 Å². The Balaban J connectivity index is 2.64. The van der Waals surface area contributed by atoms with Crippen molar-refractivity contribution in [3.05, 3.63) is 0 Å². The Hall–Kier alpha value is -0.570. The molecule has 1 atom stereocenters. The molecule has 0 aliphatic carbocycles. The smallest absolute Gasteiger partial charge is 0.254 e. The van der Waals surface area contributed by atoms with Crippen LogP contribution in [0.4, 0.5) is 0 Å². The summed E-state index contributed by atoms with van der Waals surface area (Å²) in [5.41, 5.74) is -1.22. The lowest BCUT2D eigenvalue weighted by molar-refractivity contribution is -0.151. The number of carbonyl (C=O) groups excluding carboxylic acids is 1. The van der Waals surface area contributed by atoms with Crippen LogP contribution in [0.2, 0.25) is 0 Å². The van der Waals surface area contributed by atoms with Crippen molar-refractivity contribution < 1.29 is 9.90 Å². The molecule has 0 spiro atoms. The number of amides is 1. The predicted molar refractivity (Wildman–Crippen MR) is 51.3 cm³/mol. The van der Waals surface area contributed by atoms with E-state index in [0.717, 1.165) is 19.4 Å². The fraction of sp³-hybridized carbons (Fsp3) is 0.900. The highest BCUT2D eigenvalue weighted by Gasteiger charge is 2.32. The molecule has 0 bridgehead atoms. The molecule has 1 heterocycles. The van der Waals surface area contributed by atoms with Crippen LogP contribution in [0.3, 0.4) is 0 Å². The Morgan fingerprint density at radius 3 is 2.54 bits per heavy atom. The molecule has 0 saturated carbocycles. The number of hydrogen-bond acceptors (Lipinski definition) is 2. The molecular formula is C10H19NO2. The second-order valence-corrected chi connectivity index (χ2v) is 4.40. The first-order chi connectivity index (χ1) is 5.93. The standard InChI is InChI=1S/C10H19NO2/c1-8-6-4-5-7-11(8)9(12)10(2,3)13/h8,13H,4-7H2,1-3H3. The molecule has 0 aromatic rings. The molecule has 1 N–H and O–H groups in total. The molecule has 1 saturated heterocycles. The van der Waals surface area contributed by atoms with E-state index in [-0.39, 0.29) is 11.9 Å². The van der Waals surface area contributed by atoms with Crippen LogP contribution >= 0.6 is 0 Å². The average molecular weight is 185 g/mol. The summed E-state index contributed by atoms with van der Waals surface area (Å²) in [6.45, 7) is 5.94. The zero-order chi connectivity index (χ0) is 10.1. The highest BCUT2D eigenvalue weighted by atomic mass is 16.3. The highest BCUT2D eigenvalue weighted by molar-refractivity contribution is 5.84. The molecule has 1 amide bonds. The highest BCUT2D eigenvalue weighted by Crippen LogP contribution is 2.19. The van der Waals surface area contributed by atoms with E-state index in [1.807, 2.05) is 6.92 Å². The molecule has 1 unspecified atom stereocenters. The van der Waals surface area contributed by atoms with Gasteiger partial charge in [0.15, 0.2) is 0 Å². The molecule has 1 aliphatic heterocycles. The summed E-state index contributed by atoms with van der Waals surface area (Å²) >= 11 is 0. The number of carbonyl (C=O) groups is 1. The summed E-state index contributed by atoms with van der Waals surface area (Å²) in [6, 6.07) is 0.285. The lowest BCUT2D eigenvalue weighted by atomic mass is 10.00. The normalized spacial score (nSPS) is 24.6. The third-order valence-corrected chi connectivity index (χ3v) is 2.59. The first-order valence-electron chi connectivity index (χ1n) is 4.96. The Morgan fingerprint density at radius 1 is 1.46 bits per heavy atom. The van der Waals surface area contributed by atoms with Crippen molar-refractivity contribution in [3.63, 3.8) is 0 Å². The molecule has 0 aromatic carbocycles. The zero-order valence-corrected chi connectivity index (χ0v) is 8.71. The van der Waals surface area contributed by atoms with Gasteiger partial charge in [-0.3, -0.25) is 4.79 Å². The summed E-state index contributed by atoms with van der Waals surface area (Å²) < 4.78 is 0. The van der Waals surface area contributed by atoms with E-state index in [2.05, 4.69) is 0 Å². The van der Waals surface area contributed by atoms with Gasteiger partial charge in [-0.2, -0.15) is 0 Å². The first-order valence-corrected chi connectivity index (χ1v) is 4.96. The number of nitrogens with zero attached hydrogens (tertiary/aromatic N) is 1. The van der Waals surface area contributed by atoms with Crippen LogP contribution in [0.1, 0.15) is 40.0 Å². The van der Waals surface area contributed by atoms with Crippen molar-refractivity contribution in [2.75, 3.05) is 6.54 Å². The van der Waals surface area contributed by atoms with Crippen LogP contribution < -0.4 is 0 Å². The van der Waals surface area contributed by atoms with E-state index >= 15 is 0 Å². The Bertz CT molecular complexity index is 196. The van der Waals surface area contributed by atoms with E-state index in [9.17, 15) is 9.90 Å². The number of aliphatic hydroxyl groups is 1. The largest absolute Gasteiger partial charge is 0.381 e. The lowest BCUT2D eigenvalue weighted by Crippen LogP contribution is -2.50. The maximum absolute atomic E-state index is 11.7. The second kappa shape index (κ2) is 3.66. The molecule has 13 heavy (non-hydrogen) atoms. The van der Waals surface area contributed by atoms with Gasteiger partial charge in [0.1, 0.15) is 5.60 Å². The fourth-order valence-corrected chi connectivity index (χ4v) is 1.75. The number of likely N-dealkylation sites (tertiary alicyclic amines) is 1. The summed E-state index contributed by atoms with van der Waals surface area (Å²) in [4.78, 5) is 13.5. The van der Waals surface area contributed by atoms with E-state index in [1.165, 1.54) is 6.42 Å². The molecular weight excluding hydrogens is 166 g/mol. The van der Waals surface area contributed by atoms with Gasteiger partial charge in [-0.25, -0.2) is 0 Å². The summed E-state index contributed by atoms with van der Waals surface area (Å²) in [6.07, 6.45) is 3.31. The van der Waals surface area contributed by atoms with Crippen LogP contribution in [-0.4, -0.2) is 34.1 Å². The minimum absolute atomic E-state index is 0.139. The SMILES string of the molecule is CC1CCCCN1C(=O)C(C)(C)O. The molecule has 1 aliphatic rings. The van der Waals surface area contributed by atoms with Crippen molar-refractivity contribution in [2.45, 2.75) is 51.7 Å². The summed E-state index contributed by atoms with van der Waals surface area (Å²) in [5, 5.41) is 9.56. The lowest BCUT2D eigenvalue weighted by Gasteiger charge is -2.36. The van der Waals surface area contributed by atoms with E-state index in [0.29, 0.717) is 0 Å². The Kier molecular flexibility index (Phi) is 2.96. The van der Waals surface area contributed by atoms with Gasteiger partial charge >= 0.3 is 0 Å². The van der Waals surface area contributed by atoms with Crippen molar-refractivity contribution in [1.82, 2.24) is 4.90 Å². The monoisotopic (exact) mass is 185 g/mol. The van der Waals surface area contributed by atoms with Gasteiger partial charge in [0.25, 0.3) is 5.91 Å². The zero-order valence-electron chi connectivity index (χ0n) is 8.71. The molecule has 0 radical (unpaired) electrons. The average Bonchev–Trinajstić information content (AvgIpc) is 2.02. The summed E-state index contributed by atoms with van der Waals surface area (Å²) in [7, 11) is 0. The third-order valence-electron chi connectivity index (χ3n) is 2.59. The minimum atomic E-state index is -1.22. The molecule has 1 fully saturated rings. The quantitative estimate of drug-likeness (QED) is 0.666. The van der Waals surface area contributed by atoms with Gasteiger partial charge in [0.05, 0.1) is 0 Å². The maximum atomic E-state index is 11.7. The van der Waals surface area contributed by atoms with E-state index in [4.69, 9.17) is 0 Å². The van der Waals surface area contributed by atoms with Gasteiger partial charge in [-0.05, 0) is 40.0 Å². The molecule has 3 heteroatoms. The Labute approximate surface area is 79.7 Å². The number of hydrogen-bond donors (Lipinski definition) is 1. The molecule has 76 valence electrons. The van der Waals surface area contributed by atoms with Crippen molar-refractivity contribution in [2.24, 2.45) is 0 Å². The van der Waals surface area contributed by atoms with Gasteiger partial charge in [0, 0.05) is 12.6 Å². The molecule has 3 nitrogen and oxygen atoms in total. The topological polar surface area (TPSA) is 40.5 Å². The molecule has 0 aromatic heterocycles. The maximum Gasteiger partial charge on any atom is 0.254 e. The molecule has 1 rings (SSSR count). The number of piperidine rings is 1. The van der Waals surface area contributed by atoms with Gasteiger partial charge in [0.2, 0.25) is 0 Å². The first kappa shape index (κ1) is 10.5. The van der Waals surface area contributed by atoms with Crippen molar-refractivity contribution in [1.29, 1.82) is 0 Å². The number of rotatable bonds is 1. The fourth-order valence-electron chi connectivity index (χ4n) is 1.75. The van der Waals surface area contributed by atoms with Crippen LogP contribution in [0, 0.1) is 0 Å². The Morgan fingerprint density at radius 2 is 2.08 bits per heavy atom. The minimum Gasteiger partial charge on any atom is -0.381 e. The second-order valence-electron chi connectivity index (χ2n) is 4.40. The van der Waals surface area contributed by atoms with E-state index < -0.39 is 5.60 Å². The van der Waals surface area contributed by atoms with Crippen LogP contribution in [0.5, 0.6) is 0 Å². The van der Waals surface area contributed by atoms with Crippen LogP contribution in [0.15, 0.2) is 0 Å². The van der Waals surface area contributed by atoms with Gasteiger partial charge < -0.3 is 10.0 Å².